The van der Waals surface area contributed by atoms with Crippen LogP contribution in [0.5, 0.6) is 5.75 Å². The van der Waals surface area contributed by atoms with Crippen molar-refractivity contribution in [2.75, 3.05) is 7.11 Å². The summed E-state index contributed by atoms with van der Waals surface area (Å²) in [6.45, 7) is 0. The van der Waals surface area contributed by atoms with Gasteiger partial charge in [-0.15, -0.1) is 0 Å². The van der Waals surface area contributed by atoms with Crippen molar-refractivity contribution in [2.24, 2.45) is 0 Å². The van der Waals surface area contributed by atoms with Crippen molar-refractivity contribution < 1.29 is 4.74 Å². The van der Waals surface area contributed by atoms with Gasteiger partial charge in [0.2, 0.25) is 0 Å². The summed E-state index contributed by atoms with van der Waals surface area (Å²) in [5, 5.41) is 0.706. The lowest BCUT2D eigenvalue weighted by atomic mass is 10.2. The van der Waals surface area contributed by atoms with Gasteiger partial charge in [-0.1, -0.05) is 18.2 Å². The molecule has 0 aliphatic rings. The van der Waals surface area contributed by atoms with Gasteiger partial charge in [0.15, 0.2) is 0 Å². The third kappa shape index (κ3) is 2.76. The molecule has 0 fully saturated rings. The van der Waals surface area contributed by atoms with Crippen molar-refractivity contribution in [2.45, 2.75) is 0 Å². The van der Waals surface area contributed by atoms with E-state index in [-0.39, 0.29) is 11.1 Å². The predicted octanol–water partition coefficient (Wildman–Crippen LogP) is 3.09. The van der Waals surface area contributed by atoms with Gasteiger partial charge in [0.1, 0.15) is 11.6 Å². The summed E-state index contributed by atoms with van der Waals surface area (Å²) >= 11 is 0. The fraction of sp³-hybridized carbons (Fsp3) is 0.0435. The third-order valence-electron chi connectivity index (χ3n) is 4.98. The Balaban J connectivity index is 1.79. The Bertz CT molecular complexity index is 1520. The van der Waals surface area contributed by atoms with E-state index >= 15 is 0 Å². The largest absolute Gasteiger partial charge is 0.495 e. The molecule has 7 heteroatoms. The minimum absolute atomic E-state index is 0.279. The average Bonchev–Trinajstić information content (AvgIpc) is 2.79. The van der Waals surface area contributed by atoms with Gasteiger partial charge in [-0.25, -0.2) is 9.97 Å². The van der Waals surface area contributed by atoms with Crippen molar-refractivity contribution in [3.05, 3.63) is 100.0 Å². The van der Waals surface area contributed by atoms with Gasteiger partial charge in [0, 0.05) is 18.6 Å². The number of nitrogens with zero attached hydrogens (tertiary/aromatic N) is 4. The highest BCUT2D eigenvalue weighted by atomic mass is 16.5. The second-order valence-corrected chi connectivity index (χ2v) is 6.70. The van der Waals surface area contributed by atoms with E-state index in [0.29, 0.717) is 39.1 Å². The van der Waals surface area contributed by atoms with Gasteiger partial charge in [-0.3, -0.25) is 18.7 Å². The van der Waals surface area contributed by atoms with Gasteiger partial charge < -0.3 is 4.74 Å². The van der Waals surface area contributed by atoms with E-state index in [0.717, 1.165) is 0 Å². The molecule has 0 radical (unpaired) electrons. The zero-order chi connectivity index (χ0) is 20.7. The smallest absolute Gasteiger partial charge is 0.265 e. The monoisotopic (exact) mass is 396 g/mol. The minimum Gasteiger partial charge on any atom is -0.495 e. The van der Waals surface area contributed by atoms with Crippen LogP contribution in [-0.4, -0.2) is 26.2 Å². The van der Waals surface area contributed by atoms with E-state index in [9.17, 15) is 9.59 Å². The van der Waals surface area contributed by atoms with Crippen LogP contribution < -0.4 is 15.9 Å². The molecule has 5 rings (SSSR count). The summed E-state index contributed by atoms with van der Waals surface area (Å²) in [6, 6.07) is 17.7. The van der Waals surface area contributed by atoms with Gasteiger partial charge >= 0.3 is 0 Å². The first-order valence-corrected chi connectivity index (χ1v) is 9.30. The molecule has 0 saturated carbocycles. The van der Waals surface area contributed by atoms with E-state index in [1.807, 2.05) is 18.2 Å². The Hall–Kier alpha value is -4.26. The van der Waals surface area contributed by atoms with Crippen LogP contribution in [0.2, 0.25) is 0 Å². The number of pyridine rings is 4. The molecule has 30 heavy (non-hydrogen) atoms. The summed E-state index contributed by atoms with van der Waals surface area (Å²) < 4.78 is 8.32. The predicted molar refractivity (Wildman–Crippen MR) is 115 cm³/mol. The lowest BCUT2D eigenvalue weighted by Crippen LogP contribution is -2.21. The molecule has 4 aromatic heterocycles. The number of fused-ring (bicyclic) bond motifs is 2. The maximum absolute atomic E-state index is 13.3. The third-order valence-corrected chi connectivity index (χ3v) is 4.98. The number of methoxy groups -OCH3 is 1. The van der Waals surface area contributed by atoms with Crippen molar-refractivity contribution >= 4 is 21.8 Å². The Labute approximate surface area is 170 Å². The van der Waals surface area contributed by atoms with E-state index in [2.05, 4.69) is 9.97 Å². The highest BCUT2D eigenvalue weighted by Gasteiger charge is 2.13. The summed E-state index contributed by atoms with van der Waals surface area (Å²) in [5.41, 5.74) is 1.10. The maximum atomic E-state index is 13.3. The molecule has 0 amide bonds. The lowest BCUT2D eigenvalue weighted by Gasteiger charge is -2.12. The second kappa shape index (κ2) is 6.97. The topological polar surface area (TPSA) is 79.0 Å². The van der Waals surface area contributed by atoms with Gasteiger partial charge in [-0.05, 0) is 42.5 Å². The number of hydrogen-bond acceptors (Lipinski definition) is 5. The first-order valence-electron chi connectivity index (χ1n) is 9.30. The molecule has 0 atom stereocenters. The summed E-state index contributed by atoms with van der Waals surface area (Å²) in [6.07, 6.45) is 4.93. The van der Waals surface area contributed by atoms with Crippen LogP contribution in [0.15, 0.2) is 88.8 Å². The van der Waals surface area contributed by atoms with Crippen LogP contribution >= 0.6 is 0 Å². The fourth-order valence-electron chi connectivity index (χ4n) is 3.52. The van der Waals surface area contributed by atoms with E-state index < -0.39 is 0 Å². The Morgan fingerprint density at radius 1 is 0.800 bits per heavy atom. The minimum atomic E-state index is -0.285. The highest BCUT2D eigenvalue weighted by Crippen LogP contribution is 2.22. The molecular weight excluding hydrogens is 380 g/mol. The fourth-order valence-corrected chi connectivity index (χ4v) is 3.52. The molecule has 0 N–H and O–H groups in total. The number of benzene rings is 1. The Morgan fingerprint density at radius 3 is 2.17 bits per heavy atom. The van der Waals surface area contributed by atoms with Gasteiger partial charge in [0.25, 0.3) is 11.1 Å². The van der Waals surface area contributed by atoms with Crippen LogP contribution in [0.3, 0.4) is 0 Å². The molecule has 0 saturated heterocycles. The standard InChI is InChI=1S/C23H16N4O3/c1-30-20-7-3-2-6-19(20)26-12-9-17-15(22(26)28)14-16-18(25-17)10-13-27(23(16)29)21-8-4-5-11-24-21/h2-14H,1H3. The zero-order valence-corrected chi connectivity index (χ0v) is 16.0. The molecule has 0 unspecified atom stereocenters. The maximum Gasteiger partial charge on any atom is 0.265 e. The van der Waals surface area contributed by atoms with Crippen LogP contribution in [-0.2, 0) is 0 Å². The first-order chi connectivity index (χ1) is 14.7. The lowest BCUT2D eigenvalue weighted by molar-refractivity contribution is 0.412. The summed E-state index contributed by atoms with van der Waals surface area (Å²) in [5.74, 6) is 1.08. The van der Waals surface area contributed by atoms with Gasteiger partial charge in [-0.2, -0.15) is 0 Å². The second-order valence-electron chi connectivity index (χ2n) is 6.70. The molecule has 0 aliphatic carbocycles. The van der Waals surface area contributed by atoms with Crippen LogP contribution in [0.25, 0.3) is 33.3 Å². The normalized spacial score (nSPS) is 11.1. The number of aromatic nitrogens is 4. The molecule has 4 heterocycles. The van der Waals surface area contributed by atoms with Crippen LogP contribution in [0, 0.1) is 0 Å². The number of para-hydroxylation sites is 2. The number of hydrogen-bond donors (Lipinski definition) is 0. The first kappa shape index (κ1) is 17.8. The molecule has 1 aromatic carbocycles. The molecule has 0 spiro atoms. The molecule has 146 valence electrons. The van der Waals surface area contributed by atoms with Crippen molar-refractivity contribution in [1.29, 1.82) is 0 Å². The Kier molecular flexibility index (Phi) is 4.14. The van der Waals surface area contributed by atoms with Crippen LogP contribution in [0.1, 0.15) is 0 Å². The van der Waals surface area contributed by atoms with Gasteiger partial charge in [0.05, 0.1) is 34.6 Å². The van der Waals surface area contributed by atoms with Crippen LogP contribution in [0.4, 0.5) is 0 Å². The van der Waals surface area contributed by atoms with E-state index in [1.165, 1.54) is 9.13 Å². The van der Waals surface area contributed by atoms with E-state index in [1.54, 1.807) is 68.2 Å². The molecule has 7 nitrogen and oxygen atoms in total. The summed E-state index contributed by atoms with van der Waals surface area (Å²) in [7, 11) is 1.56. The van der Waals surface area contributed by atoms with Crippen molar-refractivity contribution in [3.63, 3.8) is 0 Å². The van der Waals surface area contributed by atoms with Crippen molar-refractivity contribution in [1.82, 2.24) is 19.1 Å². The molecular formula is C23H16N4O3. The Morgan fingerprint density at radius 2 is 1.47 bits per heavy atom. The SMILES string of the molecule is COc1ccccc1-n1ccc2nc3ccn(-c4ccccn4)c(=O)c3cc2c1=O. The molecule has 0 aliphatic heterocycles. The number of rotatable bonds is 3. The zero-order valence-electron chi connectivity index (χ0n) is 16.0. The average molecular weight is 396 g/mol. The number of ether oxygens (including phenoxy) is 1. The summed E-state index contributed by atoms with van der Waals surface area (Å²) in [4.78, 5) is 35.1. The quantitative estimate of drug-likeness (QED) is 0.438. The molecule has 0 bridgehead atoms. The van der Waals surface area contributed by atoms with E-state index in [4.69, 9.17) is 4.74 Å². The highest BCUT2D eigenvalue weighted by molar-refractivity contribution is 5.91. The van der Waals surface area contributed by atoms with Crippen molar-refractivity contribution in [3.8, 4) is 17.3 Å². The molecule has 5 aromatic rings.